The van der Waals surface area contributed by atoms with Crippen molar-refractivity contribution in [2.45, 2.75) is 19.2 Å². The molecule has 0 aromatic heterocycles. The summed E-state index contributed by atoms with van der Waals surface area (Å²) < 4.78 is 45.5. The Bertz CT molecular complexity index is 1700. The third kappa shape index (κ3) is 5.36. The van der Waals surface area contributed by atoms with Crippen molar-refractivity contribution in [3.05, 3.63) is 135 Å². The zero-order valence-corrected chi connectivity index (χ0v) is 22.0. The van der Waals surface area contributed by atoms with Crippen molar-refractivity contribution in [1.82, 2.24) is 0 Å². The Morgan fingerprint density at radius 3 is 2.10 bits per heavy atom. The summed E-state index contributed by atoms with van der Waals surface area (Å²) in [7, 11) is 0. The van der Waals surface area contributed by atoms with Crippen LogP contribution in [0.4, 0.5) is 18.9 Å². The maximum Gasteiger partial charge on any atom is 0.416 e. The van der Waals surface area contributed by atoms with E-state index >= 15 is 0 Å². The molecule has 1 heterocycles. The first-order valence-corrected chi connectivity index (χ1v) is 12.6. The third-order valence-electron chi connectivity index (χ3n) is 6.54. The van der Waals surface area contributed by atoms with Gasteiger partial charge in [-0.25, -0.2) is 9.69 Å². The fraction of sp³-hybridized carbons (Fsp3) is 0.0968. The van der Waals surface area contributed by atoms with Crippen molar-refractivity contribution in [3.63, 3.8) is 0 Å². The number of anilines is 1. The lowest BCUT2D eigenvalue weighted by molar-refractivity contribution is -0.137. The van der Waals surface area contributed by atoms with Crippen LogP contribution in [0.3, 0.4) is 0 Å². The largest absolute Gasteiger partial charge is 0.445 e. The molecule has 4 aromatic carbocycles. The Hall–Kier alpha value is -4.76. The molecule has 0 saturated heterocycles. The number of hydrogen-bond acceptors (Lipinski definition) is 5. The molecule has 10 heteroatoms. The molecule has 0 fully saturated rings. The van der Waals surface area contributed by atoms with E-state index in [9.17, 15) is 32.3 Å². The maximum absolute atomic E-state index is 13.4. The van der Waals surface area contributed by atoms with Crippen LogP contribution in [0.1, 0.15) is 64.2 Å². The Labute approximate surface area is 236 Å². The van der Waals surface area contributed by atoms with Gasteiger partial charge in [-0.05, 0) is 43.3 Å². The monoisotopic (exact) mass is 577 g/mol. The Morgan fingerprint density at radius 2 is 1.44 bits per heavy atom. The predicted molar refractivity (Wildman–Crippen MR) is 144 cm³/mol. The number of alkyl halides is 3. The topological polar surface area (TPSA) is 80.8 Å². The van der Waals surface area contributed by atoms with Crippen LogP contribution in [0.15, 0.2) is 91.0 Å². The molecule has 0 unspecified atom stereocenters. The highest BCUT2D eigenvalue weighted by atomic mass is 35.5. The van der Waals surface area contributed by atoms with Gasteiger partial charge in [0.15, 0.2) is 6.10 Å². The van der Waals surface area contributed by atoms with Crippen LogP contribution in [0.25, 0.3) is 0 Å². The molecule has 2 amide bonds. The molecule has 1 aliphatic rings. The number of ether oxygens (including phenoxy) is 1. The summed E-state index contributed by atoms with van der Waals surface area (Å²) in [6.45, 7) is 1.87. The maximum atomic E-state index is 13.4. The standard InChI is InChI=1S/C31H19ClF3NO5/c1-17-7-9-18(10-8-17)26(37)27(19-5-3-2-4-6-19)41-30(40)20-11-13-22-23(15-20)29(39)36(28(22)38)25-16-21(31(33,34)35)12-14-24(25)32/h2-16,27H,1H3/t27-/m0/s1. The molecule has 0 bridgehead atoms. The molecule has 41 heavy (non-hydrogen) atoms. The molecule has 1 aliphatic heterocycles. The summed E-state index contributed by atoms with van der Waals surface area (Å²) in [5, 5.41) is -0.243. The zero-order valence-electron chi connectivity index (χ0n) is 21.2. The van der Waals surface area contributed by atoms with Gasteiger partial charge in [-0.3, -0.25) is 14.4 Å². The lowest BCUT2D eigenvalue weighted by atomic mass is 9.99. The minimum absolute atomic E-state index is 0.129. The van der Waals surface area contributed by atoms with E-state index in [-0.39, 0.29) is 21.7 Å². The van der Waals surface area contributed by atoms with E-state index in [1.54, 1.807) is 54.6 Å². The fourth-order valence-electron chi connectivity index (χ4n) is 4.39. The number of aryl methyl sites for hydroxylation is 1. The average molecular weight is 578 g/mol. The van der Waals surface area contributed by atoms with E-state index in [1.807, 2.05) is 6.92 Å². The van der Waals surface area contributed by atoms with Crippen LogP contribution >= 0.6 is 11.6 Å². The van der Waals surface area contributed by atoms with Crippen molar-refractivity contribution in [1.29, 1.82) is 0 Å². The number of rotatable bonds is 6. The molecule has 1 atom stereocenters. The summed E-state index contributed by atoms with van der Waals surface area (Å²) in [5.41, 5.74) is -0.348. The number of imide groups is 1. The van der Waals surface area contributed by atoms with Gasteiger partial charge in [0.1, 0.15) is 0 Å². The highest BCUT2D eigenvalue weighted by molar-refractivity contribution is 6.40. The van der Waals surface area contributed by atoms with E-state index in [0.29, 0.717) is 22.1 Å². The number of nitrogens with zero attached hydrogens (tertiary/aromatic N) is 1. The second-order valence-corrected chi connectivity index (χ2v) is 9.70. The summed E-state index contributed by atoms with van der Waals surface area (Å²) in [4.78, 5) is 53.4. The van der Waals surface area contributed by atoms with Gasteiger partial charge in [-0.1, -0.05) is 71.8 Å². The summed E-state index contributed by atoms with van der Waals surface area (Å²) in [5.74, 6) is -3.28. The van der Waals surface area contributed by atoms with Gasteiger partial charge in [0, 0.05) is 11.1 Å². The number of amides is 2. The van der Waals surface area contributed by atoms with Crippen molar-refractivity contribution in [2.75, 3.05) is 4.90 Å². The van der Waals surface area contributed by atoms with Crippen LogP contribution in [-0.4, -0.2) is 23.6 Å². The van der Waals surface area contributed by atoms with Gasteiger partial charge < -0.3 is 4.74 Å². The van der Waals surface area contributed by atoms with Gasteiger partial charge in [-0.15, -0.1) is 0 Å². The minimum Gasteiger partial charge on any atom is -0.445 e. The number of ketones is 1. The fourth-order valence-corrected chi connectivity index (χ4v) is 4.59. The molecule has 0 aliphatic carbocycles. The number of carbonyl (C=O) groups excluding carboxylic acids is 4. The Kier molecular flexibility index (Phi) is 7.23. The molecule has 4 aromatic rings. The normalized spacial score (nSPS) is 13.6. The molecular formula is C31H19ClF3NO5. The first kappa shape index (κ1) is 27.8. The third-order valence-corrected chi connectivity index (χ3v) is 6.86. The Balaban J connectivity index is 1.46. The van der Waals surface area contributed by atoms with Crippen molar-refractivity contribution < 1.29 is 37.1 Å². The number of Topliss-reactive ketones (excluding diaryl/α,β-unsaturated/α-hetero) is 1. The second-order valence-electron chi connectivity index (χ2n) is 9.30. The van der Waals surface area contributed by atoms with Gasteiger partial charge in [0.25, 0.3) is 11.8 Å². The minimum atomic E-state index is -4.74. The van der Waals surface area contributed by atoms with Crippen LogP contribution in [0, 0.1) is 6.92 Å². The quantitative estimate of drug-likeness (QED) is 0.137. The first-order valence-electron chi connectivity index (χ1n) is 12.2. The number of hydrogen-bond donors (Lipinski definition) is 0. The first-order chi connectivity index (χ1) is 19.5. The SMILES string of the molecule is Cc1ccc(C(=O)[C@@H](OC(=O)c2ccc3c(c2)C(=O)N(c2cc(C(F)(F)F)ccc2Cl)C3=O)c2ccccc2)cc1. The molecule has 0 N–H and O–H groups in total. The number of benzene rings is 4. The highest BCUT2D eigenvalue weighted by Crippen LogP contribution is 2.38. The van der Waals surface area contributed by atoms with Gasteiger partial charge in [-0.2, -0.15) is 13.2 Å². The van der Waals surface area contributed by atoms with Gasteiger partial charge in [0.2, 0.25) is 5.78 Å². The molecule has 0 spiro atoms. The van der Waals surface area contributed by atoms with Crippen LogP contribution < -0.4 is 4.90 Å². The highest BCUT2D eigenvalue weighted by Gasteiger charge is 2.40. The van der Waals surface area contributed by atoms with E-state index in [1.165, 1.54) is 12.1 Å². The molecule has 0 radical (unpaired) electrons. The molecule has 206 valence electrons. The number of carbonyl (C=O) groups is 4. The van der Waals surface area contributed by atoms with Crippen LogP contribution in [-0.2, 0) is 10.9 Å². The van der Waals surface area contributed by atoms with Crippen LogP contribution in [0.5, 0.6) is 0 Å². The molecular weight excluding hydrogens is 559 g/mol. The number of esters is 1. The van der Waals surface area contributed by atoms with Crippen molar-refractivity contribution >= 4 is 40.9 Å². The molecule has 5 rings (SSSR count). The number of fused-ring (bicyclic) bond motifs is 1. The average Bonchev–Trinajstić information content (AvgIpc) is 3.20. The van der Waals surface area contributed by atoms with E-state index in [0.717, 1.165) is 23.8 Å². The predicted octanol–water partition coefficient (Wildman–Crippen LogP) is 7.25. The van der Waals surface area contributed by atoms with Gasteiger partial charge >= 0.3 is 12.1 Å². The van der Waals surface area contributed by atoms with Crippen LogP contribution in [0.2, 0.25) is 5.02 Å². The Morgan fingerprint density at radius 1 is 0.805 bits per heavy atom. The number of halogens is 4. The van der Waals surface area contributed by atoms with Gasteiger partial charge in [0.05, 0.1) is 33.0 Å². The van der Waals surface area contributed by atoms with Crippen molar-refractivity contribution in [3.8, 4) is 0 Å². The second kappa shape index (κ2) is 10.7. The summed E-state index contributed by atoms with van der Waals surface area (Å²) >= 11 is 6.07. The van der Waals surface area contributed by atoms with E-state index in [4.69, 9.17) is 16.3 Å². The van der Waals surface area contributed by atoms with E-state index < -0.39 is 47.1 Å². The lowest BCUT2D eigenvalue weighted by Gasteiger charge is -2.18. The zero-order chi connectivity index (χ0) is 29.5. The van der Waals surface area contributed by atoms with E-state index in [2.05, 4.69) is 0 Å². The molecule has 6 nitrogen and oxygen atoms in total. The molecule has 0 saturated carbocycles. The smallest absolute Gasteiger partial charge is 0.416 e. The lowest BCUT2D eigenvalue weighted by Crippen LogP contribution is -2.30. The van der Waals surface area contributed by atoms with Crippen molar-refractivity contribution in [2.24, 2.45) is 0 Å². The summed E-state index contributed by atoms with van der Waals surface area (Å²) in [6, 6.07) is 21.0. The summed E-state index contributed by atoms with van der Waals surface area (Å²) in [6.07, 6.45) is -6.04.